The predicted octanol–water partition coefficient (Wildman–Crippen LogP) is 3.88. The lowest BCUT2D eigenvalue weighted by Crippen LogP contribution is -1.96. The standard InChI is InChI=1S/C11H22/c1-9(2)6-7-11(5)8-10(3)4/h6-7,9-11H,8H2,1-5H3/b7-6+/t11-/m0/s1. The third-order valence-electron chi connectivity index (χ3n) is 1.67. The Morgan fingerprint density at radius 2 is 1.45 bits per heavy atom. The predicted molar refractivity (Wildman–Crippen MR) is 52.6 cm³/mol. The highest BCUT2D eigenvalue weighted by atomic mass is 14.1. The lowest BCUT2D eigenvalue weighted by molar-refractivity contribution is 0.501. The van der Waals surface area contributed by atoms with Crippen molar-refractivity contribution in [2.24, 2.45) is 17.8 Å². The fourth-order valence-corrected chi connectivity index (χ4v) is 1.23. The second-order valence-electron chi connectivity index (χ2n) is 4.24. The molecule has 0 aromatic carbocycles. The Labute approximate surface area is 71.7 Å². The normalized spacial score (nSPS) is 15.2. The van der Waals surface area contributed by atoms with E-state index in [9.17, 15) is 0 Å². The summed E-state index contributed by atoms with van der Waals surface area (Å²) in [5.74, 6) is 2.27. The molecular weight excluding hydrogens is 132 g/mol. The van der Waals surface area contributed by atoms with E-state index in [0.29, 0.717) is 5.92 Å². The summed E-state index contributed by atoms with van der Waals surface area (Å²) in [7, 11) is 0. The van der Waals surface area contributed by atoms with Gasteiger partial charge >= 0.3 is 0 Å². The molecule has 0 rings (SSSR count). The van der Waals surface area contributed by atoms with Crippen molar-refractivity contribution in [2.45, 2.75) is 41.0 Å². The maximum Gasteiger partial charge on any atom is -0.0259 e. The van der Waals surface area contributed by atoms with Crippen molar-refractivity contribution in [1.29, 1.82) is 0 Å². The van der Waals surface area contributed by atoms with E-state index in [2.05, 4.69) is 46.8 Å². The summed E-state index contributed by atoms with van der Waals surface area (Å²) < 4.78 is 0. The van der Waals surface area contributed by atoms with E-state index in [1.807, 2.05) is 0 Å². The van der Waals surface area contributed by atoms with Crippen LogP contribution >= 0.6 is 0 Å². The van der Waals surface area contributed by atoms with Crippen molar-refractivity contribution < 1.29 is 0 Å². The molecule has 0 spiro atoms. The van der Waals surface area contributed by atoms with Gasteiger partial charge in [0.1, 0.15) is 0 Å². The van der Waals surface area contributed by atoms with Crippen molar-refractivity contribution in [1.82, 2.24) is 0 Å². The van der Waals surface area contributed by atoms with E-state index in [4.69, 9.17) is 0 Å². The van der Waals surface area contributed by atoms with Gasteiger partial charge in [-0.3, -0.25) is 0 Å². The molecule has 0 fully saturated rings. The monoisotopic (exact) mass is 154 g/mol. The van der Waals surface area contributed by atoms with Crippen molar-refractivity contribution >= 4 is 0 Å². The van der Waals surface area contributed by atoms with Crippen LogP contribution in [0.1, 0.15) is 41.0 Å². The SMILES string of the molecule is CC(C)/C=C/[C@H](C)CC(C)C. The van der Waals surface area contributed by atoms with Gasteiger partial charge in [-0.1, -0.05) is 46.8 Å². The van der Waals surface area contributed by atoms with Crippen LogP contribution in [0.5, 0.6) is 0 Å². The molecule has 11 heavy (non-hydrogen) atoms. The van der Waals surface area contributed by atoms with Gasteiger partial charge in [-0.05, 0) is 24.2 Å². The van der Waals surface area contributed by atoms with Crippen LogP contribution in [0.4, 0.5) is 0 Å². The molecule has 0 heterocycles. The van der Waals surface area contributed by atoms with Gasteiger partial charge in [0.2, 0.25) is 0 Å². The molecule has 0 aliphatic rings. The zero-order valence-electron chi connectivity index (χ0n) is 8.59. The van der Waals surface area contributed by atoms with Crippen molar-refractivity contribution in [3.8, 4) is 0 Å². The molecule has 0 aliphatic heterocycles. The first-order valence-corrected chi connectivity index (χ1v) is 4.70. The smallest absolute Gasteiger partial charge is 0.0259 e. The van der Waals surface area contributed by atoms with Crippen LogP contribution in [0.3, 0.4) is 0 Å². The number of hydrogen-bond acceptors (Lipinski definition) is 0. The Balaban J connectivity index is 3.59. The van der Waals surface area contributed by atoms with Crippen LogP contribution in [0.2, 0.25) is 0 Å². The summed E-state index contributed by atoms with van der Waals surface area (Å²) in [5.41, 5.74) is 0. The molecular formula is C11H22. The third-order valence-corrected chi connectivity index (χ3v) is 1.67. The first-order valence-electron chi connectivity index (χ1n) is 4.70. The van der Waals surface area contributed by atoms with E-state index < -0.39 is 0 Å². The minimum atomic E-state index is 0.699. The van der Waals surface area contributed by atoms with Crippen LogP contribution in [-0.4, -0.2) is 0 Å². The summed E-state index contributed by atoms with van der Waals surface area (Å²) in [6.07, 6.45) is 5.95. The summed E-state index contributed by atoms with van der Waals surface area (Å²) in [6, 6.07) is 0. The summed E-state index contributed by atoms with van der Waals surface area (Å²) >= 11 is 0. The average molecular weight is 154 g/mol. The molecule has 0 aliphatic carbocycles. The second kappa shape index (κ2) is 5.40. The summed E-state index contributed by atoms with van der Waals surface area (Å²) in [6.45, 7) is 11.3. The van der Waals surface area contributed by atoms with E-state index in [-0.39, 0.29) is 0 Å². The molecule has 0 heteroatoms. The highest BCUT2D eigenvalue weighted by molar-refractivity contribution is 4.88. The first-order chi connectivity index (χ1) is 5.02. The Hall–Kier alpha value is -0.260. The Kier molecular flexibility index (Phi) is 5.27. The molecule has 0 saturated carbocycles. The highest BCUT2D eigenvalue weighted by Gasteiger charge is 2.00. The minimum Gasteiger partial charge on any atom is -0.0857 e. The number of rotatable bonds is 4. The van der Waals surface area contributed by atoms with Gasteiger partial charge in [-0.2, -0.15) is 0 Å². The molecule has 0 aromatic rings. The van der Waals surface area contributed by atoms with Gasteiger partial charge < -0.3 is 0 Å². The van der Waals surface area contributed by atoms with Crippen LogP contribution < -0.4 is 0 Å². The fraction of sp³-hybridized carbons (Fsp3) is 0.818. The lowest BCUT2D eigenvalue weighted by atomic mass is 9.97. The van der Waals surface area contributed by atoms with E-state index in [0.717, 1.165) is 11.8 Å². The fourth-order valence-electron chi connectivity index (χ4n) is 1.23. The van der Waals surface area contributed by atoms with E-state index in [1.54, 1.807) is 0 Å². The Morgan fingerprint density at radius 3 is 1.82 bits per heavy atom. The van der Waals surface area contributed by atoms with Gasteiger partial charge in [-0.25, -0.2) is 0 Å². The zero-order chi connectivity index (χ0) is 8.85. The van der Waals surface area contributed by atoms with Gasteiger partial charge in [0.15, 0.2) is 0 Å². The average Bonchev–Trinajstić information content (AvgIpc) is 1.82. The van der Waals surface area contributed by atoms with Gasteiger partial charge in [0.05, 0.1) is 0 Å². The van der Waals surface area contributed by atoms with Crippen LogP contribution in [0.25, 0.3) is 0 Å². The molecule has 0 unspecified atom stereocenters. The molecule has 0 radical (unpaired) electrons. The highest BCUT2D eigenvalue weighted by Crippen LogP contribution is 2.12. The molecule has 0 saturated heterocycles. The molecule has 0 aromatic heterocycles. The van der Waals surface area contributed by atoms with Crippen LogP contribution in [0, 0.1) is 17.8 Å². The van der Waals surface area contributed by atoms with E-state index in [1.165, 1.54) is 6.42 Å². The quantitative estimate of drug-likeness (QED) is 0.539. The summed E-state index contributed by atoms with van der Waals surface area (Å²) in [4.78, 5) is 0. The van der Waals surface area contributed by atoms with Gasteiger partial charge in [0, 0.05) is 0 Å². The molecule has 1 atom stereocenters. The molecule has 0 amide bonds. The van der Waals surface area contributed by atoms with Crippen molar-refractivity contribution in [2.75, 3.05) is 0 Å². The van der Waals surface area contributed by atoms with Crippen LogP contribution in [-0.2, 0) is 0 Å². The largest absolute Gasteiger partial charge is 0.0857 e. The number of allylic oxidation sites excluding steroid dienone is 2. The first kappa shape index (κ1) is 10.7. The number of hydrogen-bond donors (Lipinski definition) is 0. The van der Waals surface area contributed by atoms with Crippen LogP contribution in [0.15, 0.2) is 12.2 Å². The maximum absolute atomic E-state index is 2.34. The van der Waals surface area contributed by atoms with Crippen molar-refractivity contribution in [3.05, 3.63) is 12.2 Å². The van der Waals surface area contributed by atoms with Gasteiger partial charge in [0.25, 0.3) is 0 Å². The Bertz CT molecular complexity index is 109. The lowest BCUT2D eigenvalue weighted by Gasteiger charge is -2.09. The minimum absolute atomic E-state index is 0.699. The van der Waals surface area contributed by atoms with Crippen molar-refractivity contribution in [3.63, 3.8) is 0 Å². The van der Waals surface area contributed by atoms with Gasteiger partial charge in [-0.15, -0.1) is 0 Å². The molecule has 0 bridgehead atoms. The van der Waals surface area contributed by atoms with E-state index >= 15 is 0 Å². The second-order valence-corrected chi connectivity index (χ2v) is 4.24. The molecule has 0 nitrogen and oxygen atoms in total. The topological polar surface area (TPSA) is 0 Å². The molecule has 66 valence electrons. The zero-order valence-corrected chi connectivity index (χ0v) is 8.59. The Morgan fingerprint density at radius 1 is 0.909 bits per heavy atom. The summed E-state index contributed by atoms with van der Waals surface area (Å²) in [5, 5.41) is 0. The molecule has 0 N–H and O–H groups in total. The third kappa shape index (κ3) is 7.64. The maximum atomic E-state index is 2.34.